The van der Waals surface area contributed by atoms with Gasteiger partial charge in [0.25, 0.3) is 0 Å². The van der Waals surface area contributed by atoms with Crippen LogP contribution in [0.15, 0.2) is 30.3 Å². The quantitative estimate of drug-likeness (QED) is 0.739. The molecule has 1 atom stereocenters. The Bertz CT molecular complexity index is 408. The highest BCUT2D eigenvalue weighted by molar-refractivity contribution is 6.97. The monoisotopic (exact) mass is 278 g/mol. The van der Waals surface area contributed by atoms with Gasteiger partial charge < -0.3 is 4.12 Å². The van der Waals surface area contributed by atoms with Crippen molar-refractivity contribution >= 4 is 21.8 Å². The van der Waals surface area contributed by atoms with Crippen molar-refractivity contribution in [1.29, 1.82) is 0 Å². The van der Waals surface area contributed by atoms with E-state index in [1.165, 1.54) is 23.3 Å². The van der Waals surface area contributed by atoms with Crippen molar-refractivity contribution in [2.24, 2.45) is 5.41 Å². The summed E-state index contributed by atoms with van der Waals surface area (Å²) in [4.78, 5) is 0. The van der Waals surface area contributed by atoms with Crippen molar-refractivity contribution in [3.05, 3.63) is 30.3 Å². The fourth-order valence-electron chi connectivity index (χ4n) is 3.16. The maximum Gasteiger partial charge on any atom is 0.212 e. The van der Waals surface area contributed by atoms with E-state index in [1.807, 2.05) is 0 Å². The van der Waals surface area contributed by atoms with Gasteiger partial charge in [0.05, 0.1) is 0 Å². The Morgan fingerprint density at radius 1 is 1.06 bits per heavy atom. The van der Waals surface area contributed by atoms with Crippen LogP contribution in [-0.4, -0.2) is 16.6 Å². The maximum absolute atomic E-state index is 6.78. The van der Waals surface area contributed by atoms with Crippen molar-refractivity contribution in [3.8, 4) is 0 Å². The molecule has 0 amide bonds. The van der Waals surface area contributed by atoms with Crippen LogP contribution in [0.5, 0.6) is 0 Å². The molecular weight excluding hydrogens is 252 g/mol. The first-order valence-electron chi connectivity index (χ1n) is 6.98. The van der Waals surface area contributed by atoms with Gasteiger partial charge in [-0.05, 0) is 41.8 Å². The lowest BCUT2D eigenvalue weighted by molar-refractivity contribution is 0.434. The summed E-state index contributed by atoms with van der Waals surface area (Å²) in [6.45, 7) is 11.8. The lowest BCUT2D eigenvalue weighted by atomic mass is 10.0. The second-order valence-corrected chi connectivity index (χ2v) is 15.7. The van der Waals surface area contributed by atoms with Gasteiger partial charge in [0.2, 0.25) is 8.32 Å². The van der Waals surface area contributed by atoms with Crippen LogP contribution >= 0.6 is 0 Å². The molecule has 1 aliphatic rings. The Kier molecular flexibility index (Phi) is 3.60. The molecule has 0 spiro atoms. The largest absolute Gasteiger partial charge is 0.452 e. The minimum absolute atomic E-state index is 0.358. The molecule has 18 heavy (non-hydrogen) atoms. The molecule has 0 bridgehead atoms. The van der Waals surface area contributed by atoms with Gasteiger partial charge in [-0.25, -0.2) is 0 Å². The molecule has 0 N–H and O–H groups in total. The third kappa shape index (κ3) is 3.13. The first-order valence-corrected chi connectivity index (χ1v) is 12.4. The van der Waals surface area contributed by atoms with Crippen LogP contribution in [0.2, 0.25) is 31.2 Å². The average Bonchev–Trinajstić information content (AvgIpc) is 2.54. The van der Waals surface area contributed by atoms with Gasteiger partial charge in [0.1, 0.15) is 0 Å². The zero-order valence-electron chi connectivity index (χ0n) is 12.4. The van der Waals surface area contributed by atoms with E-state index in [0.717, 1.165) is 0 Å². The standard InChI is InChI=1S/C15H26OSi2/c1-15(2,3)13-18(12-11-17(4,5)16-18)14-9-7-6-8-10-14/h6-10H,11-13H2,1-5H3. The van der Waals surface area contributed by atoms with E-state index >= 15 is 0 Å². The Labute approximate surface area is 114 Å². The van der Waals surface area contributed by atoms with Gasteiger partial charge >= 0.3 is 0 Å². The first-order chi connectivity index (χ1) is 8.23. The van der Waals surface area contributed by atoms with Crippen LogP contribution in [0.25, 0.3) is 0 Å². The number of benzene rings is 1. The summed E-state index contributed by atoms with van der Waals surface area (Å²) in [7, 11) is -3.11. The van der Waals surface area contributed by atoms with Crippen molar-refractivity contribution in [1.82, 2.24) is 0 Å². The molecule has 1 saturated heterocycles. The van der Waals surface area contributed by atoms with E-state index in [4.69, 9.17) is 4.12 Å². The van der Waals surface area contributed by atoms with Crippen LogP contribution in [0.3, 0.4) is 0 Å². The van der Waals surface area contributed by atoms with E-state index in [0.29, 0.717) is 5.41 Å². The summed E-state index contributed by atoms with van der Waals surface area (Å²) in [6.07, 6.45) is 0. The summed E-state index contributed by atoms with van der Waals surface area (Å²) in [5.41, 5.74) is 0.358. The highest BCUT2D eigenvalue weighted by Crippen LogP contribution is 2.40. The zero-order chi connectivity index (χ0) is 13.4. The van der Waals surface area contributed by atoms with Gasteiger partial charge in [0.15, 0.2) is 8.32 Å². The van der Waals surface area contributed by atoms with Crippen LogP contribution in [0, 0.1) is 5.41 Å². The van der Waals surface area contributed by atoms with Crippen molar-refractivity contribution in [2.75, 3.05) is 0 Å². The number of hydrogen-bond donors (Lipinski definition) is 0. The summed E-state index contributed by atoms with van der Waals surface area (Å²) in [6, 6.07) is 15.0. The lowest BCUT2D eigenvalue weighted by Crippen LogP contribution is -2.52. The maximum atomic E-state index is 6.78. The van der Waals surface area contributed by atoms with Gasteiger partial charge in [-0.2, -0.15) is 0 Å². The van der Waals surface area contributed by atoms with E-state index in [-0.39, 0.29) is 0 Å². The van der Waals surface area contributed by atoms with Crippen LogP contribution < -0.4 is 5.19 Å². The molecule has 1 aromatic carbocycles. The van der Waals surface area contributed by atoms with Crippen LogP contribution in [-0.2, 0) is 4.12 Å². The molecule has 0 aromatic heterocycles. The van der Waals surface area contributed by atoms with E-state index in [2.05, 4.69) is 64.2 Å². The molecule has 100 valence electrons. The molecule has 1 nitrogen and oxygen atoms in total. The Hall–Kier alpha value is -0.386. The molecule has 1 aliphatic heterocycles. The summed E-state index contributed by atoms with van der Waals surface area (Å²) >= 11 is 0. The number of hydrogen-bond acceptors (Lipinski definition) is 1. The van der Waals surface area contributed by atoms with Crippen molar-refractivity contribution in [2.45, 2.75) is 52.0 Å². The van der Waals surface area contributed by atoms with Gasteiger partial charge in [-0.15, -0.1) is 0 Å². The molecule has 1 aromatic rings. The Morgan fingerprint density at radius 3 is 2.11 bits per heavy atom. The predicted molar refractivity (Wildman–Crippen MR) is 84.3 cm³/mol. The predicted octanol–water partition coefficient (Wildman–Crippen LogP) is 4.12. The summed E-state index contributed by atoms with van der Waals surface area (Å²) in [5.74, 6) is 0. The molecule has 3 heteroatoms. The van der Waals surface area contributed by atoms with E-state index in [9.17, 15) is 0 Å². The third-order valence-corrected chi connectivity index (χ3v) is 13.5. The van der Waals surface area contributed by atoms with Gasteiger partial charge in [0, 0.05) is 0 Å². The molecule has 1 unspecified atom stereocenters. The minimum atomic E-state index is -1.72. The van der Waals surface area contributed by atoms with Crippen LogP contribution in [0.4, 0.5) is 0 Å². The fraction of sp³-hybridized carbons (Fsp3) is 0.600. The summed E-state index contributed by atoms with van der Waals surface area (Å²) in [5, 5.41) is 1.51. The molecule has 0 radical (unpaired) electrons. The molecule has 0 saturated carbocycles. The van der Waals surface area contributed by atoms with Gasteiger partial charge in [-0.3, -0.25) is 0 Å². The molecule has 1 fully saturated rings. The average molecular weight is 279 g/mol. The van der Waals surface area contributed by atoms with E-state index in [1.54, 1.807) is 0 Å². The zero-order valence-corrected chi connectivity index (χ0v) is 14.4. The molecule has 0 aliphatic carbocycles. The highest BCUT2D eigenvalue weighted by Gasteiger charge is 2.50. The Balaban J connectivity index is 2.36. The highest BCUT2D eigenvalue weighted by atomic mass is 28.4. The third-order valence-electron chi connectivity index (χ3n) is 3.72. The molecular formula is C15H26OSi2. The fourth-order valence-corrected chi connectivity index (χ4v) is 16.2. The van der Waals surface area contributed by atoms with Gasteiger partial charge in [-0.1, -0.05) is 51.1 Å². The summed E-state index contributed by atoms with van der Waals surface area (Å²) < 4.78 is 6.78. The number of rotatable bonds is 2. The SMILES string of the molecule is CC(C)(C)C[Si]1(c2ccccc2)CC[Si](C)(C)O1. The van der Waals surface area contributed by atoms with Crippen molar-refractivity contribution < 1.29 is 4.12 Å². The smallest absolute Gasteiger partial charge is 0.212 e. The minimum Gasteiger partial charge on any atom is -0.452 e. The molecule has 1 heterocycles. The normalized spacial score (nSPS) is 27.4. The topological polar surface area (TPSA) is 9.23 Å². The first kappa shape index (κ1) is 14.0. The van der Waals surface area contributed by atoms with Crippen molar-refractivity contribution in [3.63, 3.8) is 0 Å². The van der Waals surface area contributed by atoms with E-state index < -0.39 is 16.6 Å². The molecule has 2 rings (SSSR count). The second kappa shape index (κ2) is 4.62. The lowest BCUT2D eigenvalue weighted by Gasteiger charge is -2.35. The Morgan fingerprint density at radius 2 is 1.67 bits per heavy atom. The second-order valence-electron chi connectivity index (χ2n) is 7.46. The van der Waals surface area contributed by atoms with Crippen LogP contribution in [0.1, 0.15) is 20.8 Å².